The molecule has 1 aromatic carbocycles. The van der Waals surface area contributed by atoms with E-state index in [4.69, 9.17) is 10.5 Å². The molecule has 17 heavy (non-hydrogen) atoms. The maximum absolute atomic E-state index is 12.0. The fraction of sp³-hybridized carbons (Fsp3) is 0.462. The molecule has 0 aliphatic heterocycles. The van der Waals surface area contributed by atoms with Gasteiger partial charge in [-0.1, -0.05) is 26.8 Å². The van der Waals surface area contributed by atoms with Gasteiger partial charge in [-0.05, 0) is 17.5 Å². The lowest BCUT2D eigenvalue weighted by Gasteiger charge is -2.19. The van der Waals surface area contributed by atoms with Crippen LogP contribution in [-0.2, 0) is 0 Å². The SMILES string of the molecule is COc1c(N)cccc1C(=O)NCC(C)(C)C. The van der Waals surface area contributed by atoms with Gasteiger partial charge in [0.2, 0.25) is 0 Å². The van der Waals surface area contributed by atoms with Gasteiger partial charge in [-0.2, -0.15) is 0 Å². The summed E-state index contributed by atoms with van der Waals surface area (Å²) in [5.41, 5.74) is 6.73. The Hall–Kier alpha value is -1.71. The molecule has 0 atom stereocenters. The van der Waals surface area contributed by atoms with Gasteiger partial charge in [-0.25, -0.2) is 0 Å². The molecule has 4 heteroatoms. The van der Waals surface area contributed by atoms with Gasteiger partial charge in [-0.15, -0.1) is 0 Å². The van der Waals surface area contributed by atoms with E-state index in [9.17, 15) is 4.79 Å². The summed E-state index contributed by atoms with van der Waals surface area (Å²) in [5, 5.41) is 2.87. The van der Waals surface area contributed by atoms with E-state index in [1.54, 1.807) is 18.2 Å². The third kappa shape index (κ3) is 3.66. The van der Waals surface area contributed by atoms with Gasteiger partial charge in [-0.3, -0.25) is 4.79 Å². The molecular formula is C13H20N2O2. The number of nitrogens with two attached hydrogens (primary N) is 1. The quantitative estimate of drug-likeness (QED) is 0.789. The van der Waals surface area contributed by atoms with Crippen LogP contribution in [0.2, 0.25) is 0 Å². The lowest BCUT2D eigenvalue weighted by molar-refractivity contribution is 0.0936. The predicted octanol–water partition coefficient (Wildman–Crippen LogP) is 2.05. The molecule has 1 rings (SSSR count). The number of nitrogens with one attached hydrogen (secondary N) is 1. The van der Waals surface area contributed by atoms with Crippen LogP contribution in [0.1, 0.15) is 31.1 Å². The number of carbonyl (C=O) groups is 1. The van der Waals surface area contributed by atoms with Crippen molar-refractivity contribution in [1.29, 1.82) is 0 Å². The Morgan fingerprint density at radius 3 is 2.59 bits per heavy atom. The summed E-state index contributed by atoms with van der Waals surface area (Å²) in [6, 6.07) is 5.15. The summed E-state index contributed by atoms with van der Waals surface area (Å²) in [4.78, 5) is 12.0. The second kappa shape index (κ2) is 5.08. The van der Waals surface area contributed by atoms with Crippen LogP contribution in [0.3, 0.4) is 0 Å². The molecule has 0 radical (unpaired) electrons. The van der Waals surface area contributed by atoms with Crippen molar-refractivity contribution in [3.8, 4) is 5.75 Å². The van der Waals surface area contributed by atoms with Crippen molar-refractivity contribution < 1.29 is 9.53 Å². The number of amides is 1. The second-order valence-electron chi connectivity index (χ2n) is 5.17. The van der Waals surface area contributed by atoms with E-state index in [0.29, 0.717) is 23.5 Å². The Bertz CT molecular complexity index is 408. The molecule has 0 spiro atoms. The first kappa shape index (κ1) is 13.4. The summed E-state index contributed by atoms with van der Waals surface area (Å²) >= 11 is 0. The summed E-state index contributed by atoms with van der Waals surface area (Å²) in [6.07, 6.45) is 0. The standard InChI is InChI=1S/C13H20N2O2/c1-13(2,3)8-15-12(16)9-6-5-7-10(14)11(9)17-4/h5-7H,8,14H2,1-4H3,(H,15,16). The first-order chi connectivity index (χ1) is 7.85. The molecule has 4 nitrogen and oxygen atoms in total. The average molecular weight is 236 g/mol. The molecule has 0 aliphatic rings. The number of anilines is 1. The minimum atomic E-state index is -0.163. The van der Waals surface area contributed by atoms with Crippen LogP contribution in [-0.4, -0.2) is 19.6 Å². The third-order valence-electron chi connectivity index (χ3n) is 2.27. The van der Waals surface area contributed by atoms with Crippen molar-refractivity contribution in [1.82, 2.24) is 5.32 Å². The molecule has 1 amide bonds. The highest BCUT2D eigenvalue weighted by Gasteiger charge is 2.17. The van der Waals surface area contributed by atoms with Gasteiger partial charge >= 0.3 is 0 Å². The molecular weight excluding hydrogens is 216 g/mol. The molecule has 0 saturated heterocycles. The highest BCUT2D eigenvalue weighted by atomic mass is 16.5. The number of benzene rings is 1. The van der Waals surface area contributed by atoms with Crippen LogP contribution in [0.25, 0.3) is 0 Å². The number of rotatable bonds is 3. The van der Waals surface area contributed by atoms with E-state index in [1.165, 1.54) is 7.11 Å². The maximum atomic E-state index is 12.0. The Morgan fingerprint density at radius 2 is 2.06 bits per heavy atom. The Morgan fingerprint density at radius 1 is 1.41 bits per heavy atom. The first-order valence-electron chi connectivity index (χ1n) is 5.56. The number of ether oxygens (including phenoxy) is 1. The van der Waals surface area contributed by atoms with Crippen molar-refractivity contribution >= 4 is 11.6 Å². The zero-order valence-corrected chi connectivity index (χ0v) is 10.8. The lowest BCUT2D eigenvalue weighted by Crippen LogP contribution is -2.32. The summed E-state index contributed by atoms with van der Waals surface area (Å²) in [6.45, 7) is 6.78. The van der Waals surface area contributed by atoms with E-state index in [0.717, 1.165) is 0 Å². The van der Waals surface area contributed by atoms with E-state index < -0.39 is 0 Å². The smallest absolute Gasteiger partial charge is 0.255 e. The normalized spacial score (nSPS) is 11.1. The molecule has 0 unspecified atom stereocenters. The molecule has 0 fully saturated rings. The number of carbonyl (C=O) groups excluding carboxylic acids is 1. The van der Waals surface area contributed by atoms with Crippen molar-refractivity contribution in [2.75, 3.05) is 19.4 Å². The maximum Gasteiger partial charge on any atom is 0.255 e. The van der Waals surface area contributed by atoms with Crippen molar-refractivity contribution in [2.24, 2.45) is 5.41 Å². The Kier molecular flexibility index (Phi) is 3.99. The minimum absolute atomic E-state index is 0.0449. The van der Waals surface area contributed by atoms with Gasteiger partial charge < -0.3 is 15.8 Å². The van der Waals surface area contributed by atoms with Gasteiger partial charge in [0.25, 0.3) is 5.91 Å². The Labute approximate surface area is 102 Å². The highest BCUT2D eigenvalue weighted by Crippen LogP contribution is 2.25. The van der Waals surface area contributed by atoms with E-state index in [-0.39, 0.29) is 11.3 Å². The van der Waals surface area contributed by atoms with E-state index in [1.807, 2.05) is 0 Å². The van der Waals surface area contributed by atoms with Crippen molar-refractivity contribution in [2.45, 2.75) is 20.8 Å². The number of nitrogen functional groups attached to an aromatic ring is 1. The van der Waals surface area contributed by atoms with Gasteiger partial charge in [0.15, 0.2) is 5.75 Å². The highest BCUT2D eigenvalue weighted by molar-refractivity contribution is 5.98. The fourth-order valence-corrected chi connectivity index (χ4v) is 1.40. The van der Waals surface area contributed by atoms with Gasteiger partial charge in [0, 0.05) is 6.54 Å². The van der Waals surface area contributed by atoms with Crippen LogP contribution in [0.5, 0.6) is 5.75 Å². The molecule has 3 N–H and O–H groups in total. The van der Waals surface area contributed by atoms with Crippen molar-refractivity contribution in [3.05, 3.63) is 23.8 Å². The fourth-order valence-electron chi connectivity index (χ4n) is 1.40. The molecule has 0 bridgehead atoms. The summed E-state index contributed by atoms with van der Waals surface area (Å²) < 4.78 is 5.14. The zero-order chi connectivity index (χ0) is 13.1. The molecule has 1 aromatic rings. The van der Waals surface area contributed by atoms with Crippen LogP contribution < -0.4 is 15.8 Å². The summed E-state index contributed by atoms with van der Waals surface area (Å²) in [5.74, 6) is 0.267. The largest absolute Gasteiger partial charge is 0.494 e. The third-order valence-corrected chi connectivity index (χ3v) is 2.27. The van der Waals surface area contributed by atoms with E-state index >= 15 is 0 Å². The zero-order valence-electron chi connectivity index (χ0n) is 10.8. The van der Waals surface area contributed by atoms with Crippen LogP contribution in [0, 0.1) is 5.41 Å². The number of methoxy groups -OCH3 is 1. The molecule has 0 aliphatic carbocycles. The molecule has 94 valence electrons. The average Bonchev–Trinajstić information content (AvgIpc) is 2.24. The second-order valence-corrected chi connectivity index (χ2v) is 5.17. The van der Waals surface area contributed by atoms with Gasteiger partial charge in [0.1, 0.15) is 0 Å². The number of hydrogen-bond donors (Lipinski definition) is 2. The van der Waals surface area contributed by atoms with Crippen LogP contribution in [0.15, 0.2) is 18.2 Å². The van der Waals surface area contributed by atoms with Crippen molar-refractivity contribution in [3.63, 3.8) is 0 Å². The van der Waals surface area contributed by atoms with Crippen LogP contribution >= 0.6 is 0 Å². The van der Waals surface area contributed by atoms with Gasteiger partial charge in [0.05, 0.1) is 18.4 Å². The molecule has 0 saturated carbocycles. The van der Waals surface area contributed by atoms with Crippen LogP contribution in [0.4, 0.5) is 5.69 Å². The summed E-state index contributed by atoms with van der Waals surface area (Å²) in [7, 11) is 1.51. The minimum Gasteiger partial charge on any atom is -0.494 e. The topological polar surface area (TPSA) is 64.3 Å². The number of para-hydroxylation sites is 1. The lowest BCUT2D eigenvalue weighted by atomic mass is 9.97. The predicted molar refractivity (Wildman–Crippen MR) is 69.2 cm³/mol. The Balaban J connectivity index is 2.86. The number of hydrogen-bond acceptors (Lipinski definition) is 3. The molecule has 0 heterocycles. The first-order valence-corrected chi connectivity index (χ1v) is 5.56. The monoisotopic (exact) mass is 236 g/mol. The molecule has 0 aromatic heterocycles. The van der Waals surface area contributed by atoms with E-state index in [2.05, 4.69) is 26.1 Å².